The molecular formula is C14H22BrN3O2. The smallest absolute Gasteiger partial charge is 0.257 e. The van der Waals surface area contributed by atoms with Crippen molar-refractivity contribution in [1.29, 1.82) is 0 Å². The highest BCUT2D eigenvalue weighted by atomic mass is 79.9. The van der Waals surface area contributed by atoms with Crippen molar-refractivity contribution in [3.05, 3.63) is 22.3 Å². The van der Waals surface area contributed by atoms with Crippen LogP contribution in [0.2, 0.25) is 0 Å². The summed E-state index contributed by atoms with van der Waals surface area (Å²) in [6.45, 7) is 6.33. The number of aliphatic hydroxyl groups is 1. The van der Waals surface area contributed by atoms with E-state index in [2.05, 4.69) is 26.2 Å². The van der Waals surface area contributed by atoms with Crippen molar-refractivity contribution < 1.29 is 9.90 Å². The first kappa shape index (κ1) is 16.9. The van der Waals surface area contributed by atoms with E-state index >= 15 is 0 Å². The molecule has 2 N–H and O–H groups in total. The molecule has 1 heterocycles. The van der Waals surface area contributed by atoms with E-state index in [0.29, 0.717) is 11.4 Å². The van der Waals surface area contributed by atoms with Crippen molar-refractivity contribution in [2.24, 2.45) is 0 Å². The Morgan fingerprint density at radius 1 is 1.55 bits per heavy atom. The predicted octanol–water partition coefficient (Wildman–Crippen LogP) is 2.51. The number of hydrogen-bond donors (Lipinski definition) is 2. The van der Waals surface area contributed by atoms with Crippen LogP contribution in [-0.4, -0.2) is 46.6 Å². The van der Waals surface area contributed by atoms with Crippen molar-refractivity contribution in [3.8, 4) is 0 Å². The second kappa shape index (κ2) is 7.04. The summed E-state index contributed by atoms with van der Waals surface area (Å²) < 4.78 is 0.748. The van der Waals surface area contributed by atoms with Crippen molar-refractivity contribution in [2.75, 3.05) is 25.5 Å². The van der Waals surface area contributed by atoms with Gasteiger partial charge in [0.15, 0.2) is 0 Å². The molecule has 0 atom stereocenters. The van der Waals surface area contributed by atoms with Gasteiger partial charge in [0.2, 0.25) is 0 Å². The number of hydrogen-bond acceptors (Lipinski definition) is 4. The van der Waals surface area contributed by atoms with Gasteiger partial charge in [0, 0.05) is 24.3 Å². The Morgan fingerprint density at radius 2 is 2.20 bits per heavy atom. The fraction of sp³-hybridized carbons (Fsp3) is 0.571. The Morgan fingerprint density at radius 3 is 2.75 bits per heavy atom. The first-order valence-electron chi connectivity index (χ1n) is 6.62. The molecule has 0 radical (unpaired) electrons. The molecule has 0 aliphatic heterocycles. The lowest BCUT2D eigenvalue weighted by Gasteiger charge is -2.34. The fourth-order valence-electron chi connectivity index (χ4n) is 1.55. The Balaban J connectivity index is 3.10. The Bertz CT molecular complexity index is 477. The summed E-state index contributed by atoms with van der Waals surface area (Å²) in [7, 11) is 1.68. The highest BCUT2D eigenvalue weighted by molar-refractivity contribution is 9.10. The molecule has 112 valence electrons. The van der Waals surface area contributed by atoms with E-state index in [9.17, 15) is 9.90 Å². The van der Waals surface area contributed by atoms with Gasteiger partial charge in [0.1, 0.15) is 5.82 Å². The third-order valence-corrected chi connectivity index (χ3v) is 3.66. The van der Waals surface area contributed by atoms with Gasteiger partial charge < -0.3 is 15.3 Å². The molecule has 0 bridgehead atoms. The van der Waals surface area contributed by atoms with Gasteiger partial charge in [-0.2, -0.15) is 0 Å². The number of likely N-dealkylation sites (N-methyl/N-ethyl adjacent to an activating group) is 1. The first-order chi connectivity index (χ1) is 9.33. The van der Waals surface area contributed by atoms with Crippen LogP contribution in [0.3, 0.4) is 0 Å². The van der Waals surface area contributed by atoms with Gasteiger partial charge in [0.25, 0.3) is 5.91 Å². The highest BCUT2D eigenvalue weighted by Crippen LogP contribution is 2.22. The Kier molecular flexibility index (Phi) is 5.95. The summed E-state index contributed by atoms with van der Waals surface area (Å²) in [5.41, 5.74) is -0.127. The molecule has 0 saturated heterocycles. The van der Waals surface area contributed by atoms with Crippen LogP contribution in [0, 0.1) is 0 Å². The zero-order valence-corrected chi connectivity index (χ0v) is 14.0. The number of amides is 1. The summed E-state index contributed by atoms with van der Waals surface area (Å²) in [6.07, 6.45) is 2.61. The first-order valence-corrected chi connectivity index (χ1v) is 7.41. The minimum absolute atomic E-state index is 0.103. The lowest BCUT2D eigenvalue weighted by atomic mass is 10.0. The Labute approximate surface area is 128 Å². The van der Waals surface area contributed by atoms with Gasteiger partial charge in [-0.15, -0.1) is 0 Å². The second-order valence-electron chi connectivity index (χ2n) is 5.31. The molecule has 1 rings (SSSR count). The van der Waals surface area contributed by atoms with Crippen LogP contribution in [0.1, 0.15) is 37.6 Å². The summed E-state index contributed by atoms with van der Waals surface area (Å²) in [6, 6.07) is 1.75. The molecule has 0 aliphatic carbocycles. The molecule has 0 aliphatic rings. The van der Waals surface area contributed by atoms with Gasteiger partial charge in [-0.3, -0.25) is 4.79 Å². The standard InChI is InChI=1S/C14H22BrN3O2/c1-5-6-16-12-11(7-10(15)8-17-12)13(20)18(4)14(2,3)9-19/h7-8,19H,5-6,9H2,1-4H3,(H,16,17). The molecule has 0 unspecified atom stereocenters. The van der Waals surface area contributed by atoms with Crippen molar-refractivity contribution in [2.45, 2.75) is 32.7 Å². The quantitative estimate of drug-likeness (QED) is 0.832. The lowest BCUT2D eigenvalue weighted by molar-refractivity contribution is 0.0473. The zero-order valence-electron chi connectivity index (χ0n) is 12.4. The van der Waals surface area contributed by atoms with E-state index < -0.39 is 5.54 Å². The molecule has 0 aromatic carbocycles. The average Bonchev–Trinajstić information content (AvgIpc) is 2.44. The van der Waals surface area contributed by atoms with Crippen molar-refractivity contribution in [3.63, 3.8) is 0 Å². The number of aliphatic hydroxyl groups excluding tert-OH is 1. The SMILES string of the molecule is CCCNc1ncc(Br)cc1C(=O)N(C)C(C)(C)CO. The number of halogens is 1. The molecule has 5 nitrogen and oxygen atoms in total. The molecule has 0 saturated carbocycles. The zero-order chi connectivity index (χ0) is 15.3. The molecule has 0 fully saturated rings. The second-order valence-corrected chi connectivity index (χ2v) is 6.23. The minimum Gasteiger partial charge on any atom is -0.394 e. The minimum atomic E-state index is -0.624. The molecule has 1 aromatic heterocycles. The van der Waals surface area contributed by atoms with Crippen molar-refractivity contribution in [1.82, 2.24) is 9.88 Å². The molecule has 20 heavy (non-hydrogen) atoms. The maximum absolute atomic E-state index is 12.6. The fourth-order valence-corrected chi connectivity index (χ4v) is 1.88. The van der Waals surface area contributed by atoms with Crippen LogP contribution in [0.4, 0.5) is 5.82 Å². The normalized spacial score (nSPS) is 11.3. The number of carbonyl (C=O) groups excluding carboxylic acids is 1. The van der Waals surface area contributed by atoms with Gasteiger partial charge in [-0.25, -0.2) is 4.98 Å². The van der Waals surface area contributed by atoms with Crippen LogP contribution in [0.25, 0.3) is 0 Å². The lowest BCUT2D eigenvalue weighted by Crippen LogP contribution is -2.47. The van der Waals surface area contributed by atoms with Crippen LogP contribution in [-0.2, 0) is 0 Å². The number of nitrogens with one attached hydrogen (secondary N) is 1. The van der Waals surface area contributed by atoms with E-state index in [0.717, 1.165) is 17.4 Å². The van der Waals surface area contributed by atoms with Gasteiger partial charge >= 0.3 is 0 Å². The number of aromatic nitrogens is 1. The van der Waals surface area contributed by atoms with Crippen LogP contribution >= 0.6 is 15.9 Å². The third-order valence-electron chi connectivity index (χ3n) is 3.23. The predicted molar refractivity (Wildman–Crippen MR) is 84.0 cm³/mol. The number of nitrogens with zero attached hydrogens (tertiary/aromatic N) is 2. The summed E-state index contributed by atoms with van der Waals surface area (Å²) in [4.78, 5) is 18.4. The van der Waals surface area contributed by atoms with Crippen molar-refractivity contribution >= 4 is 27.7 Å². The third kappa shape index (κ3) is 3.93. The summed E-state index contributed by atoms with van der Waals surface area (Å²) in [5, 5.41) is 12.5. The molecule has 0 spiro atoms. The molecule has 6 heteroatoms. The summed E-state index contributed by atoms with van der Waals surface area (Å²) >= 11 is 3.34. The van der Waals surface area contributed by atoms with Gasteiger partial charge in [-0.05, 0) is 42.3 Å². The number of pyridine rings is 1. The molecular weight excluding hydrogens is 322 g/mol. The summed E-state index contributed by atoms with van der Waals surface area (Å²) in [5.74, 6) is 0.400. The maximum atomic E-state index is 12.6. The van der Waals surface area contributed by atoms with E-state index in [1.54, 1.807) is 19.3 Å². The monoisotopic (exact) mass is 343 g/mol. The van der Waals surface area contributed by atoms with E-state index in [4.69, 9.17) is 0 Å². The van der Waals surface area contributed by atoms with Crippen LogP contribution in [0.5, 0.6) is 0 Å². The van der Waals surface area contributed by atoms with Crippen LogP contribution in [0.15, 0.2) is 16.7 Å². The van der Waals surface area contributed by atoms with Crippen LogP contribution < -0.4 is 5.32 Å². The maximum Gasteiger partial charge on any atom is 0.257 e. The van der Waals surface area contributed by atoms with E-state index in [1.807, 2.05) is 20.8 Å². The highest BCUT2D eigenvalue weighted by Gasteiger charge is 2.29. The van der Waals surface area contributed by atoms with E-state index in [-0.39, 0.29) is 12.5 Å². The van der Waals surface area contributed by atoms with Gasteiger partial charge in [-0.1, -0.05) is 6.92 Å². The number of carbonyl (C=O) groups is 1. The molecule has 1 amide bonds. The van der Waals surface area contributed by atoms with E-state index in [1.165, 1.54) is 4.90 Å². The number of rotatable bonds is 6. The average molecular weight is 344 g/mol. The largest absolute Gasteiger partial charge is 0.394 e. The molecule has 1 aromatic rings. The topological polar surface area (TPSA) is 65.5 Å². The number of anilines is 1. The van der Waals surface area contributed by atoms with Gasteiger partial charge in [0.05, 0.1) is 17.7 Å². The Hall–Kier alpha value is -1.14.